The van der Waals surface area contributed by atoms with Crippen LogP contribution in [0.15, 0.2) is 53.3 Å². The summed E-state index contributed by atoms with van der Waals surface area (Å²) in [6.07, 6.45) is 3.27. The van der Waals surface area contributed by atoms with Gasteiger partial charge >= 0.3 is 5.69 Å². The summed E-state index contributed by atoms with van der Waals surface area (Å²) in [6.45, 7) is 3.33. The van der Waals surface area contributed by atoms with Crippen LogP contribution in [-0.4, -0.2) is 40.9 Å². The first kappa shape index (κ1) is 17.8. The Morgan fingerprint density at radius 3 is 2.59 bits per heavy atom. The fraction of sp³-hybridized carbons (Fsp3) is 0.381. The van der Waals surface area contributed by atoms with E-state index in [2.05, 4.69) is 9.88 Å². The molecule has 0 unspecified atom stereocenters. The van der Waals surface area contributed by atoms with Gasteiger partial charge in [-0.2, -0.15) is 0 Å². The molecule has 0 aliphatic carbocycles. The van der Waals surface area contributed by atoms with Gasteiger partial charge in [0.05, 0.1) is 5.52 Å². The van der Waals surface area contributed by atoms with Crippen molar-refractivity contribution < 1.29 is 9.23 Å². The molecule has 0 spiro atoms. The molecular formula is C21H24FN3O2. The van der Waals surface area contributed by atoms with E-state index in [-0.39, 0.29) is 11.5 Å². The number of fused-ring (bicyclic) bond motifs is 1. The number of para-hydroxylation sites is 2. The maximum absolute atomic E-state index is 13.0. The molecule has 3 aromatic rings. The second-order valence-corrected chi connectivity index (χ2v) is 7.19. The van der Waals surface area contributed by atoms with Gasteiger partial charge in [-0.15, -0.1) is 4.73 Å². The van der Waals surface area contributed by atoms with Crippen LogP contribution < -0.4 is 10.5 Å². The van der Waals surface area contributed by atoms with Crippen molar-refractivity contribution in [2.75, 3.05) is 26.2 Å². The van der Waals surface area contributed by atoms with Crippen LogP contribution in [-0.2, 0) is 6.42 Å². The summed E-state index contributed by atoms with van der Waals surface area (Å²) >= 11 is 0. The number of nitrogens with one attached hydrogen (secondary N) is 1. The zero-order valence-corrected chi connectivity index (χ0v) is 15.2. The maximum Gasteiger partial charge on any atom is 0.359 e. The van der Waals surface area contributed by atoms with Crippen LogP contribution in [0.4, 0.5) is 4.39 Å². The molecule has 142 valence electrons. The van der Waals surface area contributed by atoms with E-state index in [0.717, 1.165) is 49.9 Å². The lowest BCUT2D eigenvalue weighted by Gasteiger charge is -2.31. The van der Waals surface area contributed by atoms with Crippen LogP contribution in [0.5, 0.6) is 0 Å². The third-order valence-electron chi connectivity index (χ3n) is 5.32. The zero-order chi connectivity index (χ0) is 18.6. The topological polar surface area (TPSA) is 50.3 Å². The van der Waals surface area contributed by atoms with E-state index in [1.807, 2.05) is 36.4 Å². The second kappa shape index (κ2) is 7.96. The van der Waals surface area contributed by atoms with Crippen LogP contribution >= 0.6 is 0 Å². The fourth-order valence-electron chi connectivity index (χ4n) is 3.79. The summed E-state index contributed by atoms with van der Waals surface area (Å²) in [5.74, 6) is 0.465. The molecule has 27 heavy (non-hydrogen) atoms. The van der Waals surface area contributed by atoms with Crippen molar-refractivity contribution in [3.8, 4) is 0 Å². The van der Waals surface area contributed by atoms with Gasteiger partial charge in [-0.1, -0.05) is 24.3 Å². The van der Waals surface area contributed by atoms with E-state index < -0.39 is 0 Å². The molecule has 6 heteroatoms. The predicted molar refractivity (Wildman–Crippen MR) is 103 cm³/mol. The van der Waals surface area contributed by atoms with E-state index in [1.165, 1.54) is 22.4 Å². The van der Waals surface area contributed by atoms with Gasteiger partial charge in [0.15, 0.2) is 0 Å². The van der Waals surface area contributed by atoms with E-state index in [4.69, 9.17) is 4.84 Å². The molecule has 0 bridgehead atoms. The van der Waals surface area contributed by atoms with Crippen molar-refractivity contribution in [3.63, 3.8) is 0 Å². The molecule has 0 radical (unpaired) electrons. The number of rotatable bonds is 6. The van der Waals surface area contributed by atoms with E-state index in [9.17, 15) is 9.18 Å². The minimum Gasteiger partial charge on any atom is -0.408 e. The fourth-order valence-corrected chi connectivity index (χ4v) is 3.79. The van der Waals surface area contributed by atoms with Crippen molar-refractivity contribution in [1.29, 1.82) is 0 Å². The Kier molecular flexibility index (Phi) is 5.25. The average Bonchev–Trinajstić information content (AvgIpc) is 3.00. The number of piperidine rings is 1. The summed E-state index contributed by atoms with van der Waals surface area (Å²) < 4.78 is 14.4. The Hall–Kier alpha value is -2.60. The first-order valence-electron chi connectivity index (χ1n) is 9.49. The molecule has 1 saturated heterocycles. The van der Waals surface area contributed by atoms with Gasteiger partial charge in [0.2, 0.25) is 0 Å². The lowest BCUT2D eigenvalue weighted by atomic mass is 9.90. The summed E-state index contributed by atoms with van der Waals surface area (Å²) in [5.41, 5.74) is 2.51. The lowest BCUT2D eigenvalue weighted by Crippen LogP contribution is -2.38. The Bertz CT molecular complexity index is 940. The lowest BCUT2D eigenvalue weighted by molar-refractivity contribution is 0.0754. The van der Waals surface area contributed by atoms with Gasteiger partial charge in [-0.05, 0) is 68.1 Å². The Morgan fingerprint density at radius 1 is 1.07 bits per heavy atom. The van der Waals surface area contributed by atoms with Crippen LogP contribution in [0.2, 0.25) is 0 Å². The van der Waals surface area contributed by atoms with Gasteiger partial charge < -0.3 is 9.82 Å². The molecule has 0 saturated carbocycles. The summed E-state index contributed by atoms with van der Waals surface area (Å²) in [7, 11) is 0. The Balaban J connectivity index is 1.24. The largest absolute Gasteiger partial charge is 0.408 e. The van der Waals surface area contributed by atoms with Gasteiger partial charge in [-0.25, -0.2) is 9.18 Å². The zero-order valence-electron chi connectivity index (χ0n) is 15.2. The van der Waals surface area contributed by atoms with Gasteiger partial charge in [0.1, 0.15) is 17.9 Å². The third-order valence-corrected chi connectivity index (χ3v) is 5.32. The molecular weight excluding hydrogens is 345 g/mol. The monoisotopic (exact) mass is 369 g/mol. The third kappa shape index (κ3) is 4.22. The van der Waals surface area contributed by atoms with Gasteiger partial charge in [-0.3, -0.25) is 4.90 Å². The Morgan fingerprint density at radius 2 is 1.81 bits per heavy atom. The summed E-state index contributed by atoms with van der Waals surface area (Å²) in [6, 6.07) is 14.3. The highest BCUT2D eigenvalue weighted by molar-refractivity contribution is 5.74. The van der Waals surface area contributed by atoms with Crippen molar-refractivity contribution >= 4 is 11.0 Å². The SMILES string of the molecule is O=c1[nH]c2ccccc2n1OCCN1CCC(Cc2ccc(F)cc2)CC1. The van der Waals surface area contributed by atoms with Crippen LogP contribution in [0.1, 0.15) is 18.4 Å². The molecule has 2 aromatic carbocycles. The number of aromatic nitrogens is 2. The molecule has 1 aliphatic rings. The number of imidazole rings is 1. The average molecular weight is 369 g/mol. The molecule has 5 nitrogen and oxygen atoms in total. The minimum atomic E-state index is -0.241. The molecule has 0 atom stereocenters. The number of benzene rings is 2. The number of hydrogen-bond donors (Lipinski definition) is 1. The summed E-state index contributed by atoms with van der Waals surface area (Å²) in [4.78, 5) is 22.9. The summed E-state index contributed by atoms with van der Waals surface area (Å²) in [5, 5.41) is 0. The number of likely N-dealkylation sites (tertiary alicyclic amines) is 1. The first-order valence-corrected chi connectivity index (χ1v) is 9.49. The van der Waals surface area contributed by atoms with E-state index in [0.29, 0.717) is 12.5 Å². The highest BCUT2D eigenvalue weighted by Crippen LogP contribution is 2.21. The van der Waals surface area contributed by atoms with Crippen molar-refractivity contribution in [2.24, 2.45) is 5.92 Å². The molecule has 1 N–H and O–H groups in total. The van der Waals surface area contributed by atoms with Gasteiger partial charge in [0, 0.05) is 6.54 Å². The quantitative estimate of drug-likeness (QED) is 0.727. The molecule has 1 aromatic heterocycles. The van der Waals surface area contributed by atoms with Crippen molar-refractivity contribution in [1.82, 2.24) is 14.6 Å². The number of hydrogen-bond acceptors (Lipinski definition) is 3. The highest BCUT2D eigenvalue weighted by atomic mass is 19.1. The molecule has 0 amide bonds. The highest BCUT2D eigenvalue weighted by Gasteiger charge is 2.19. The van der Waals surface area contributed by atoms with Crippen molar-refractivity contribution in [2.45, 2.75) is 19.3 Å². The van der Waals surface area contributed by atoms with Crippen LogP contribution in [0.25, 0.3) is 11.0 Å². The first-order chi connectivity index (χ1) is 13.2. The van der Waals surface area contributed by atoms with Crippen molar-refractivity contribution in [3.05, 3.63) is 70.4 Å². The minimum absolute atomic E-state index is 0.178. The number of H-pyrrole nitrogens is 1. The van der Waals surface area contributed by atoms with Crippen LogP contribution in [0.3, 0.4) is 0 Å². The molecule has 4 rings (SSSR count). The van der Waals surface area contributed by atoms with Gasteiger partial charge in [0.25, 0.3) is 0 Å². The number of nitrogens with zero attached hydrogens (tertiary/aromatic N) is 2. The standard InChI is InChI=1S/C21H24FN3O2/c22-18-7-5-16(6-8-18)15-17-9-11-24(12-10-17)13-14-27-25-20-4-2-1-3-19(20)23-21(25)26/h1-8,17H,9-15H2,(H,23,26). The molecule has 1 fully saturated rings. The van der Waals surface area contributed by atoms with E-state index in [1.54, 1.807) is 0 Å². The number of halogens is 1. The predicted octanol–water partition coefficient (Wildman–Crippen LogP) is 2.85. The normalized spacial score (nSPS) is 16.0. The molecule has 2 heterocycles. The van der Waals surface area contributed by atoms with Crippen LogP contribution in [0, 0.1) is 11.7 Å². The molecule has 1 aliphatic heterocycles. The second-order valence-electron chi connectivity index (χ2n) is 7.19. The Labute approximate surface area is 157 Å². The number of aromatic amines is 1. The maximum atomic E-state index is 13.0. The van der Waals surface area contributed by atoms with E-state index >= 15 is 0 Å². The smallest absolute Gasteiger partial charge is 0.359 e.